The van der Waals surface area contributed by atoms with Crippen molar-refractivity contribution in [2.45, 2.75) is 27.7 Å². The van der Waals surface area contributed by atoms with Gasteiger partial charge in [-0.2, -0.15) is 0 Å². The minimum absolute atomic E-state index is 0.697. The first-order chi connectivity index (χ1) is 4.72. The van der Waals surface area contributed by atoms with Crippen LogP contribution >= 0.6 is 12.2 Å². The van der Waals surface area contributed by atoms with E-state index >= 15 is 0 Å². The fraction of sp³-hybridized carbons (Fsp3) is 0.571. The fourth-order valence-electron chi connectivity index (χ4n) is 0.436. The lowest BCUT2D eigenvalue weighted by Gasteiger charge is -1.76. The third kappa shape index (κ3) is 1.99. The number of nitrogens with one attached hydrogen (secondary N) is 1. The summed E-state index contributed by atoms with van der Waals surface area (Å²) in [6, 6.07) is 0. The molecular weight excluding hydrogens is 146 g/mol. The van der Waals surface area contributed by atoms with E-state index in [-0.39, 0.29) is 0 Å². The zero-order chi connectivity index (χ0) is 8.15. The minimum Gasteiger partial charge on any atom is -0.386 e. The highest BCUT2D eigenvalue weighted by atomic mass is 32.1. The summed E-state index contributed by atoms with van der Waals surface area (Å²) in [6.07, 6.45) is 0. The van der Waals surface area contributed by atoms with Gasteiger partial charge in [0, 0.05) is 5.56 Å². The molecule has 0 saturated heterocycles. The van der Waals surface area contributed by atoms with E-state index in [2.05, 4.69) is 5.16 Å². The van der Waals surface area contributed by atoms with Crippen LogP contribution in [-0.4, -0.2) is 5.16 Å². The summed E-state index contributed by atoms with van der Waals surface area (Å²) in [5.74, 6) is 0.870. The van der Waals surface area contributed by atoms with Crippen molar-refractivity contribution in [2.75, 3.05) is 0 Å². The molecule has 1 aromatic rings. The lowest BCUT2D eigenvalue weighted by atomic mass is 10.3. The van der Waals surface area contributed by atoms with Crippen LogP contribution in [0, 0.1) is 18.5 Å². The van der Waals surface area contributed by atoms with Gasteiger partial charge in [0.25, 0.3) is 0 Å². The Hall–Kier alpha value is -0.570. The Balaban J connectivity index is 0.000000371. The molecular formula is C7H13NOS. The van der Waals surface area contributed by atoms with Crippen molar-refractivity contribution >= 4 is 12.2 Å². The zero-order valence-electron chi connectivity index (χ0n) is 6.82. The van der Waals surface area contributed by atoms with Crippen molar-refractivity contribution in [1.29, 1.82) is 0 Å². The number of H-pyrrole nitrogens is 1. The first kappa shape index (κ1) is 9.43. The average Bonchev–Trinajstić information content (AvgIpc) is 2.25. The molecule has 0 unspecified atom stereocenters. The van der Waals surface area contributed by atoms with Crippen LogP contribution in [0.4, 0.5) is 0 Å². The largest absolute Gasteiger partial charge is 0.386 e. The Morgan fingerprint density at radius 3 is 1.90 bits per heavy atom. The number of hydrogen-bond donors (Lipinski definition) is 1. The Kier molecular flexibility index (Phi) is 4.03. The molecule has 1 rings (SSSR count). The van der Waals surface area contributed by atoms with E-state index < -0.39 is 0 Å². The maximum atomic E-state index is 4.87. The molecule has 0 aromatic carbocycles. The van der Waals surface area contributed by atoms with Crippen molar-refractivity contribution < 1.29 is 4.52 Å². The van der Waals surface area contributed by atoms with Gasteiger partial charge < -0.3 is 4.52 Å². The first-order valence-corrected chi connectivity index (χ1v) is 3.77. The second-order valence-electron chi connectivity index (χ2n) is 1.71. The highest BCUT2D eigenvalue weighted by molar-refractivity contribution is 7.71. The summed E-state index contributed by atoms with van der Waals surface area (Å²) in [7, 11) is 0. The monoisotopic (exact) mass is 159 g/mol. The van der Waals surface area contributed by atoms with E-state index in [1.54, 1.807) is 0 Å². The van der Waals surface area contributed by atoms with Gasteiger partial charge in [-0.05, 0) is 13.8 Å². The highest BCUT2D eigenvalue weighted by Gasteiger charge is 1.95. The standard InChI is InChI=1S/C5H7NOS.C2H6/c1-3-4(2)7-6-5(3)8;1-2/h1-2H3,(H,6,8);1-2H3. The van der Waals surface area contributed by atoms with Crippen LogP contribution in [0.2, 0.25) is 0 Å². The molecule has 0 aliphatic carbocycles. The molecule has 3 heteroatoms. The quantitative estimate of drug-likeness (QED) is 0.589. The minimum atomic E-state index is 0.697. The summed E-state index contributed by atoms with van der Waals surface area (Å²) in [5.41, 5.74) is 1.03. The molecule has 10 heavy (non-hydrogen) atoms. The lowest BCUT2D eigenvalue weighted by molar-refractivity contribution is 0.394. The summed E-state index contributed by atoms with van der Waals surface area (Å²) in [6.45, 7) is 7.80. The second kappa shape index (κ2) is 4.28. The first-order valence-electron chi connectivity index (χ1n) is 3.36. The number of aromatic nitrogens is 1. The number of rotatable bonds is 0. The summed E-state index contributed by atoms with van der Waals surface area (Å²) < 4.78 is 5.56. The molecule has 2 nitrogen and oxygen atoms in total. The molecule has 0 bridgehead atoms. The average molecular weight is 159 g/mol. The van der Waals surface area contributed by atoms with E-state index in [1.807, 2.05) is 27.7 Å². The van der Waals surface area contributed by atoms with Gasteiger partial charge in [-0.25, -0.2) is 5.16 Å². The van der Waals surface area contributed by atoms with Gasteiger partial charge in [0.1, 0.15) is 10.4 Å². The predicted molar refractivity (Wildman–Crippen MR) is 44.7 cm³/mol. The van der Waals surface area contributed by atoms with Crippen molar-refractivity contribution in [1.82, 2.24) is 5.16 Å². The third-order valence-corrected chi connectivity index (χ3v) is 1.56. The molecule has 0 saturated carbocycles. The Morgan fingerprint density at radius 1 is 1.30 bits per heavy atom. The fourth-order valence-corrected chi connectivity index (χ4v) is 0.621. The molecule has 58 valence electrons. The molecule has 0 amide bonds. The van der Waals surface area contributed by atoms with Crippen molar-refractivity contribution in [2.24, 2.45) is 0 Å². The highest BCUT2D eigenvalue weighted by Crippen LogP contribution is 2.04. The van der Waals surface area contributed by atoms with E-state index in [1.165, 1.54) is 0 Å². The van der Waals surface area contributed by atoms with Gasteiger partial charge in [-0.1, -0.05) is 26.1 Å². The number of aryl methyl sites for hydroxylation is 1. The van der Waals surface area contributed by atoms with Gasteiger partial charge in [0.05, 0.1) is 0 Å². The molecule has 1 aromatic heterocycles. The molecule has 0 radical (unpaired) electrons. The molecule has 0 atom stereocenters. The topological polar surface area (TPSA) is 28.9 Å². The molecule has 1 heterocycles. The smallest absolute Gasteiger partial charge is 0.141 e. The zero-order valence-corrected chi connectivity index (χ0v) is 7.63. The normalized spacial score (nSPS) is 8.40. The van der Waals surface area contributed by atoms with Crippen LogP contribution in [0.5, 0.6) is 0 Å². The molecule has 0 aliphatic rings. The molecule has 0 spiro atoms. The predicted octanol–water partition coefficient (Wildman–Crippen LogP) is 2.98. The Labute approximate surface area is 66.2 Å². The summed E-state index contributed by atoms with van der Waals surface area (Å²) >= 11 is 4.82. The number of hydrogen-bond acceptors (Lipinski definition) is 2. The molecule has 0 fully saturated rings. The lowest BCUT2D eigenvalue weighted by Crippen LogP contribution is -1.66. The van der Waals surface area contributed by atoms with Crippen molar-refractivity contribution in [3.05, 3.63) is 16.0 Å². The van der Waals surface area contributed by atoms with E-state index in [0.29, 0.717) is 4.64 Å². The molecule has 0 aliphatic heterocycles. The maximum Gasteiger partial charge on any atom is 0.141 e. The SMILES string of the molecule is CC.Cc1o[nH]c(=S)c1C. The third-order valence-electron chi connectivity index (χ3n) is 1.17. The van der Waals surface area contributed by atoms with Crippen molar-refractivity contribution in [3.8, 4) is 0 Å². The summed E-state index contributed by atoms with van der Waals surface area (Å²) in [4.78, 5) is 0. The van der Waals surface area contributed by atoms with Gasteiger partial charge in [0.2, 0.25) is 0 Å². The van der Waals surface area contributed by atoms with Crippen LogP contribution in [0.25, 0.3) is 0 Å². The van der Waals surface area contributed by atoms with Gasteiger partial charge >= 0.3 is 0 Å². The van der Waals surface area contributed by atoms with Crippen LogP contribution in [0.15, 0.2) is 4.52 Å². The van der Waals surface area contributed by atoms with E-state index in [0.717, 1.165) is 11.3 Å². The van der Waals surface area contributed by atoms with E-state index in [4.69, 9.17) is 16.7 Å². The van der Waals surface area contributed by atoms with Gasteiger partial charge in [-0.3, -0.25) is 0 Å². The maximum absolute atomic E-state index is 4.87. The van der Waals surface area contributed by atoms with E-state index in [9.17, 15) is 0 Å². The number of aromatic amines is 1. The van der Waals surface area contributed by atoms with Crippen LogP contribution in [0.3, 0.4) is 0 Å². The van der Waals surface area contributed by atoms with Crippen LogP contribution in [-0.2, 0) is 0 Å². The van der Waals surface area contributed by atoms with Crippen molar-refractivity contribution in [3.63, 3.8) is 0 Å². The van der Waals surface area contributed by atoms with Gasteiger partial charge in [-0.15, -0.1) is 0 Å². The molecule has 1 N–H and O–H groups in total. The van der Waals surface area contributed by atoms with Crippen LogP contribution < -0.4 is 0 Å². The van der Waals surface area contributed by atoms with Crippen LogP contribution in [0.1, 0.15) is 25.2 Å². The Bertz CT molecular complexity index is 236. The van der Waals surface area contributed by atoms with Gasteiger partial charge in [0.15, 0.2) is 0 Å². The Morgan fingerprint density at radius 2 is 1.80 bits per heavy atom. The summed E-state index contributed by atoms with van der Waals surface area (Å²) in [5, 5.41) is 2.58. The second-order valence-corrected chi connectivity index (χ2v) is 2.12.